The summed E-state index contributed by atoms with van der Waals surface area (Å²) >= 11 is 4.72. The first-order chi connectivity index (χ1) is 9.47. The van der Waals surface area contributed by atoms with Gasteiger partial charge in [0.1, 0.15) is 5.03 Å². The van der Waals surface area contributed by atoms with Crippen LogP contribution < -0.4 is 0 Å². The maximum Gasteiger partial charge on any atom is 0.313 e. The number of carbonyl (C=O) groups is 1. The molecule has 4 nitrogen and oxygen atoms in total. The first-order valence-corrected chi connectivity index (χ1v) is 7.95. The van der Waals surface area contributed by atoms with Crippen LogP contribution in [0.1, 0.15) is 25.5 Å². The van der Waals surface area contributed by atoms with Crippen molar-refractivity contribution in [2.24, 2.45) is 0 Å². The van der Waals surface area contributed by atoms with E-state index >= 15 is 0 Å². The molecule has 0 amide bonds. The van der Waals surface area contributed by atoms with Gasteiger partial charge in [0, 0.05) is 4.47 Å². The molecule has 0 radical (unpaired) electrons. The first-order valence-electron chi connectivity index (χ1n) is 6.18. The molecule has 0 spiro atoms. The van der Waals surface area contributed by atoms with Gasteiger partial charge >= 0.3 is 5.97 Å². The highest BCUT2D eigenvalue weighted by Crippen LogP contribution is 2.27. The molecule has 0 atom stereocenters. The van der Waals surface area contributed by atoms with E-state index in [1.54, 1.807) is 4.68 Å². The molecule has 0 saturated carbocycles. The van der Waals surface area contributed by atoms with Crippen LogP contribution in [-0.4, -0.2) is 26.6 Å². The van der Waals surface area contributed by atoms with Crippen molar-refractivity contribution in [2.75, 3.05) is 5.75 Å². The number of hydrogen-bond acceptors (Lipinski definition) is 3. The summed E-state index contributed by atoms with van der Waals surface area (Å²) in [5.74, 6) is -0.507. The molecule has 1 aromatic heterocycles. The van der Waals surface area contributed by atoms with E-state index in [-0.39, 0.29) is 5.75 Å². The van der Waals surface area contributed by atoms with Crippen LogP contribution in [-0.2, 0) is 4.79 Å². The molecule has 0 aliphatic rings. The molecular formula is C14H15BrN2O2S. The van der Waals surface area contributed by atoms with Gasteiger partial charge in [-0.25, -0.2) is 4.68 Å². The van der Waals surface area contributed by atoms with Crippen LogP contribution in [0.3, 0.4) is 0 Å². The average Bonchev–Trinajstić information content (AvgIpc) is 2.80. The molecule has 1 heterocycles. The Labute approximate surface area is 130 Å². The second kappa shape index (κ2) is 6.45. The number of aromatic nitrogens is 2. The fraction of sp³-hybridized carbons (Fsp3) is 0.286. The summed E-state index contributed by atoms with van der Waals surface area (Å²) in [5, 5.41) is 14.3. The van der Waals surface area contributed by atoms with Gasteiger partial charge in [-0.15, -0.1) is 0 Å². The summed E-state index contributed by atoms with van der Waals surface area (Å²) in [7, 11) is 0. The standard InChI is InChI=1S/C14H15BrN2O2S/c1-9(2)12-7-13(20-8-14(18)19)17(16-12)11-5-3-4-10(15)6-11/h3-7,9H,8H2,1-2H3,(H,18,19). The van der Waals surface area contributed by atoms with Crippen LogP contribution in [0.2, 0.25) is 0 Å². The zero-order chi connectivity index (χ0) is 14.7. The molecule has 1 aromatic carbocycles. The van der Waals surface area contributed by atoms with Gasteiger partial charge in [-0.05, 0) is 30.2 Å². The van der Waals surface area contributed by atoms with Crippen LogP contribution in [0.15, 0.2) is 39.8 Å². The Balaban J connectivity index is 2.41. The van der Waals surface area contributed by atoms with Gasteiger partial charge in [-0.3, -0.25) is 4.79 Å². The van der Waals surface area contributed by atoms with Crippen molar-refractivity contribution in [1.82, 2.24) is 9.78 Å². The highest BCUT2D eigenvalue weighted by Gasteiger charge is 2.14. The van der Waals surface area contributed by atoms with Crippen molar-refractivity contribution >= 4 is 33.7 Å². The molecule has 20 heavy (non-hydrogen) atoms. The van der Waals surface area contributed by atoms with Crippen molar-refractivity contribution in [3.8, 4) is 5.69 Å². The van der Waals surface area contributed by atoms with Gasteiger partial charge in [-0.1, -0.05) is 47.6 Å². The van der Waals surface area contributed by atoms with Gasteiger partial charge in [-0.2, -0.15) is 5.10 Å². The van der Waals surface area contributed by atoms with E-state index in [9.17, 15) is 4.79 Å². The fourth-order valence-electron chi connectivity index (χ4n) is 1.69. The van der Waals surface area contributed by atoms with Crippen LogP contribution in [0.5, 0.6) is 0 Å². The lowest BCUT2D eigenvalue weighted by atomic mass is 10.1. The van der Waals surface area contributed by atoms with Gasteiger partial charge < -0.3 is 5.11 Å². The Morgan fingerprint density at radius 3 is 2.80 bits per heavy atom. The average molecular weight is 355 g/mol. The molecule has 2 aromatic rings. The summed E-state index contributed by atoms with van der Waals surface area (Å²) in [5.41, 5.74) is 1.87. The molecule has 0 aliphatic heterocycles. The molecule has 1 N–H and O–H groups in total. The third-order valence-electron chi connectivity index (χ3n) is 2.68. The van der Waals surface area contributed by atoms with Crippen LogP contribution in [0, 0.1) is 0 Å². The van der Waals surface area contributed by atoms with E-state index in [4.69, 9.17) is 5.11 Å². The van der Waals surface area contributed by atoms with E-state index in [1.807, 2.05) is 30.3 Å². The Kier molecular flexibility index (Phi) is 4.88. The predicted molar refractivity (Wildman–Crippen MR) is 83.7 cm³/mol. The van der Waals surface area contributed by atoms with Crippen LogP contribution in [0.25, 0.3) is 5.69 Å². The maximum absolute atomic E-state index is 10.8. The maximum atomic E-state index is 10.8. The summed E-state index contributed by atoms with van der Waals surface area (Å²) < 4.78 is 2.76. The number of thioether (sulfide) groups is 1. The van der Waals surface area contributed by atoms with Gasteiger partial charge in [0.15, 0.2) is 0 Å². The zero-order valence-electron chi connectivity index (χ0n) is 11.2. The number of rotatable bonds is 5. The van der Waals surface area contributed by atoms with Crippen molar-refractivity contribution in [1.29, 1.82) is 0 Å². The van der Waals surface area contributed by atoms with E-state index < -0.39 is 5.97 Å². The van der Waals surface area contributed by atoms with Gasteiger partial charge in [0.25, 0.3) is 0 Å². The monoisotopic (exact) mass is 354 g/mol. The molecule has 0 aliphatic carbocycles. The predicted octanol–water partition coefficient (Wildman–Crippen LogP) is 3.93. The zero-order valence-corrected chi connectivity index (χ0v) is 13.6. The number of carboxylic acids is 1. The van der Waals surface area contributed by atoms with Crippen molar-refractivity contribution in [2.45, 2.75) is 24.8 Å². The topological polar surface area (TPSA) is 55.1 Å². The molecule has 2 rings (SSSR count). The largest absolute Gasteiger partial charge is 0.481 e. The normalized spacial score (nSPS) is 11.0. The Morgan fingerprint density at radius 2 is 2.20 bits per heavy atom. The first kappa shape index (κ1) is 15.1. The number of aliphatic carboxylic acids is 1. The molecular weight excluding hydrogens is 340 g/mol. The van der Waals surface area contributed by atoms with E-state index in [2.05, 4.69) is 34.9 Å². The number of halogens is 1. The molecule has 6 heteroatoms. The number of carboxylic acid groups (broad SMARTS) is 1. The van der Waals surface area contributed by atoms with Gasteiger partial charge in [0.2, 0.25) is 0 Å². The second-order valence-electron chi connectivity index (χ2n) is 4.64. The van der Waals surface area contributed by atoms with Crippen LogP contribution >= 0.6 is 27.7 Å². The third kappa shape index (κ3) is 3.64. The Morgan fingerprint density at radius 1 is 1.45 bits per heavy atom. The van der Waals surface area contributed by atoms with Gasteiger partial charge in [0.05, 0.1) is 17.1 Å². The second-order valence-corrected chi connectivity index (χ2v) is 6.55. The molecule has 0 fully saturated rings. The lowest BCUT2D eigenvalue weighted by Crippen LogP contribution is -2.02. The Bertz CT molecular complexity index is 625. The lowest BCUT2D eigenvalue weighted by Gasteiger charge is -2.06. The Hall–Kier alpha value is -1.27. The lowest BCUT2D eigenvalue weighted by molar-refractivity contribution is -0.133. The molecule has 0 saturated heterocycles. The molecule has 106 valence electrons. The quantitative estimate of drug-likeness (QED) is 0.826. The van der Waals surface area contributed by atoms with Crippen molar-refractivity contribution in [3.63, 3.8) is 0 Å². The van der Waals surface area contributed by atoms with E-state index in [1.165, 1.54) is 11.8 Å². The molecule has 0 bridgehead atoms. The smallest absolute Gasteiger partial charge is 0.313 e. The number of hydrogen-bond donors (Lipinski definition) is 1. The highest BCUT2D eigenvalue weighted by atomic mass is 79.9. The molecule has 0 unspecified atom stereocenters. The minimum Gasteiger partial charge on any atom is -0.481 e. The van der Waals surface area contributed by atoms with Crippen molar-refractivity contribution in [3.05, 3.63) is 40.5 Å². The minimum absolute atomic E-state index is 0.0250. The summed E-state index contributed by atoms with van der Waals surface area (Å²) in [6.45, 7) is 4.14. The fourth-order valence-corrected chi connectivity index (χ4v) is 2.83. The van der Waals surface area contributed by atoms with Crippen molar-refractivity contribution < 1.29 is 9.90 Å². The van der Waals surface area contributed by atoms with Crippen LogP contribution in [0.4, 0.5) is 0 Å². The highest BCUT2D eigenvalue weighted by molar-refractivity contribution is 9.10. The minimum atomic E-state index is -0.830. The van der Waals surface area contributed by atoms with E-state index in [0.717, 1.165) is 20.9 Å². The summed E-state index contributed by atoms with van der Waals surface area (Å²) in [4.78, 5) is 10.8. The van der Waals surface area contributed by atoms with E-state index in [0.29, 0.717) is 5.92 Å². The summed E-state index contributed by atoms with van der Waals surface area (Å²) in [6.07, 6.45) is 0. The summed E-state index contributed by atoms with van der Waals surface area (Å²) in [6, 6.07) is 9.75. The number of nitrogens with zero attached hydrogens (tertiary/aromatic N) is 2. The SMILES string of the molecule is CC(C)c1cc(SCC(=O)O)n(-c2cccc(Br)c2)n1. The third-order valence-corrected chi connectivity index (χ3v) is 4.15. The number of benzene rings is 1.